The van der Waals surface area contributed by atoms with Gasteiger partial charge in [-0.2, -0.15) is 0 Å². The van der Waals surface area contributed by atoms with Crippen LogP contribution in [0.5, 0.6) is 0 Å². The number of piperidine rings is 1. The normalized spacial score (nSPS) is 19.1. The van der Waals surface area contributed by atoms with Gasteiger partial charge in [0.05, 0.1) is 5.60 Å². The van der Waals surface area contributed by atoms with Gasteiger partial charge in [-0.1, -0.05) is 54.1 Å². The summed E-state index contributed by atoms with van der Waals surface area (Å²) in [6.45, 7) is 0.850. The van der Waals surface area contributed by atoms with Gasteiger partial charge in [-0.25, -0.2) is 4.39 Å². The van der Waals surface area contributed by atoms with Crippen molar-refractivity contribution in [2.24, 2.45) is 0 Å². The van der Waals surface area contributed by atoms with Gasteiger partial charge < -0.3 is 5.11 Å². The van der Waals surface area contributed by atoms with Crippen molar-refractivity contribution in [3.8, 4) is 0 Å². The molecular formula is C22H24Cl2FNO2. The maximum Gasteiger partial charge on any atom is 0.180 e. The third kappa shape index (κ3) is 5.54. The fourth-order valence-electron chi connectivity index (χ4n) is 3.59. The molecule has 1 aliphatic rings. The largest absolute Gasteiger partial charge is 0.389 e. The van der Waals surface area contributed by atoms with Gasteiger partial charge in [0.25, 0.3) is 0 Å². The van der Waals surface area contributed by atoms with Crippen LogP contribution in [0.3, 0.4) is 0 Å². The van der Waals surface area contributed by atoms with Crippen LogP contribution in [0.15, 0.2) is 54.6 Å². The standard InChI is InChI=1S/C22H24Cl2FNO2/c23-18-8-6-16(7-9-18)15-22(28)10-12-26(13-11-22)20(25)14-19(24)21(27)17-4-2-1-3-5-17/h1-9,19-20,28H,10-15H2. The van der Waals surface area contributed by atoms with E-state index in [4.69, 9.17) is 23.2 Å². The van der Waals surface area contributed by atoms with Crippen LogP contribution >= 0.6 is 23.2 Å². The average Bonchev–Trinajstić information content (AvgIpc) is 2.70. The molecule has 0 amide bonds. The van der Waals surface area contributed by atoms with Crippen LogP contribution in [-0.4, -0.2) is 46.2 Å². The minimum atomic E-state index is -1.31. The molecule has 2 unspecified atom stereocenters. The number of rotatable bonds is 7. The highest BCUT2D eigenvalue weighted by molar-refractivity contribution is 6.33. The fourth-order valence-corrected chi connectivity index (χ4v) is 3.99. The lowest BCUT2D eigenvalue weighted by Crippen LogP contribution is -2.48. The fraction of sp³-hybridized carbons (Fsp3) is 0.409. The zero-order chi connectivity index (χ0) is 20.1. The first kappa shape index (κ1) is 21.3. The summed E-state index contributed by atoms with van der Waals surface area (Å²) >= 11 is 12.1. The molecule has 3 rings (SSSR count). The molecule has 6 heteroatoms. The Labute approximate surface area is 175 Å². The van der Waals surface area contributed by atoms with Crippen LogP contribution in [0.1, 0.15) is 35.2 Å². The van der Waals surface area contributed by atoms with Gasteiger partial charge in [-0.3, -0.25) is 9.69 Å². The summed E-state index contributed by atoms with van der Waals surface area (Å²) in [5, 5.41) is 10.6. The lowest BCUT2D eigenvalue weighted by atomic mass is 9.85. The number of alkyl halides is 2. The Morgan fingerprint density at radius 3 is 2.32 bits per heavy atom. The van der Waals surface area contributed by atoms with E-state index in [0.29, 0.717) is 42.9 Å². The maximum atomic E-state index is 14.7. The molecule has 3 nitrogen and oxygen atoms in total. The van der Waals surface area contributed by atoms with E-state index in [1.54, 1.807) is 41.3 Å². The first-order valence-electron chi connectivity index (χ1n) is 9.45. The number of halogens is 3. The molecule has 0 radical (unpaired) electrons. The molecular weight excluding hydrogens is 400 g/mol. The Kier molecular flexibility index (Phi) is 7.10. The molecule has 2 aromatic rings. The Morgan fingerprint density at radius 2 is 1.71 bits per heavy atom. The number of benzene rings is 2. The van der Waals surface area contributed by atoms with Gasteiger partial charge >= 0.3 is 0 Å². The van der Waals surface area contributed by atoms with Crippen LogP contribution in [0, 0.1) is 0 Å². The molecule has 1 fully saturated rings. The van der Waals surface area contributed by atoms with Crippen molar-refractivity contribution in [2.75, 3.05) is 13.1 Å². The molecule has 1 aliphatic heterocycles. The summed E-state index contributed by atoms with van der Waals surface area (Å²) in [7, 11) is 0. The topological polar surface area (TPSA) is 40.5 Å². The predicted molar refractivity (Wildman–Crippen MR) is 111 cm³/mol. The van der Waals surface area contributed by atoms with Crippen molar-refractivity contribution < 1.29 is 14.3 Å². The lowest BCUT2D eigenvalue weighted by molar-refractivity contribution is -0.0508. The van der Waals surface area contributed by atoms with Crippen molar-refractivity contribution in [3.63, 3.8) is 0 Å². The van der Waals surface area contributed by atoms with Crippen molar-refractivity contribution in [1.29, 1.82) is 0 Å². The van der Waals surface area contributed by atoms with Gasteiger partial charge in [0.1, 0.15) is 5.38 Å². The number of carbonyl (C=O) groups is 1. The summed E-state index contributed by atoms with van der Waals surface area (Å²) < 4.78 is 14.7. The van der Waals surface area contributed by atoms with Crippen LogP contribution < -0.4 is 0 Å². The van der Waals surface area contributed by atoms with Gasteiger partial charge in [0.15, 0.2) is 12.1 Å². The number of likely N-dealkylation sites (tertiary alicyclic amines) is 1. The molecule has 0 spiro atoms. The Morgan fingerprint density at radius 1 is 1.11 bits per heavy atom. The molecule has 1 N–H and O–H groups in total. The van der Waals surface area contributed by atoms with Crippen molar-refractivity contribution in [1.82, 2.24) is 4.90 Å². The quantitative estimate of drug-likeness (QED) is 0.391. The van der Waals surface area contributed by atoms with E-state index in [1.807, 2.05) is 18.2 Å². The summed E-state index contributed by atoms with van der Waals surface area (Å²) in [6, 6.07) is 16.1. The second-order valence-corrected chi connectivity index (χ2v) is 8.39. The molecule has 0 aliphatic carbocycles. The molecule has 1 heterocycles. The van der Waals surface area contributed by atoms with Crippen LogP contribution in [-0.2, 0) is 6.42 Å². The molecule has 28 heavy (non-hydrogen) atoms. The van der Waals surface area contributed by atoms with Crippen molar-refractivity contribution in [3.05, 3.63) is 70.7 Å². The monoisotopic (exact) mass is 423 g/mol. The molecule has 2 aromatic carbocycles. The molecule has 1 saturated heterocycles. The smallest absolute Gasteiger partial charge is 0.180 e. The molecule has 150 valence electrons. The van der Waals surface area contributed by atoms with E-state index in [1.165, 1.54) is 0 Å². The third-order valence-electron chi connectivity index (χ3n) is 5.32. The van der Waals surface area contributed by atoms with Crippen LogP contribution in [0.4, 0.5) is 4.39 Å². The average molecular weight is 424 g/mol. The van der Waals surface area contributed by atoms with E-state index in [-0.39, 0.29) is 12.2 Å². The molecule has 0 saturated carbocycles. The molecule has 2 atom stereocenters. The van der Waals surface area contributed by atoms with Gasteiger partial charge in [0.2, 0.25) is 0 Å². The number of hydrogen-bond acceptors (Lipinski definition) is 3. The van der Waals surface area contributed by atoms with Crippen molar-refractivity contribution >= 4 is 29.0 Å². The zero-order valence-corrected chi connectivity index (χ0v) is 17.0. The predicted octanol–water partition coefficient (Wildman–Crippen LogP) is 4.89. The number of nitrogens with zero attached hydrogens (tertiary/aromatic N) is 1. The Hall–Kier alpha value is -1.46. The zero-order valence-electron chi connectivity index (χ0n) is 15.5. The number of aliphatic hydroxyl groups is 1. The van der Waals surface area contributed by atoms with Gasteiger partial charge in [-0.05, 0) is 30.5 Å². The molecule has 0 bridgehead atoms. The van der Waals surface area contributed by atoms with Crippen LogP contribution in [0.2, 0.25) is 5.02 Å². The summed E-state index contributed by atoms with van der Waals surface area (Å²) in [4.78, 5) is 14.0. The number of Topliss-reactive ketones (excluding diaryl/α,β-unsaturated/α-hetero) is 1. The highest BCUT2D eigenvalue weighted by Crippen LogP contribution is 2.29. The Bertz CT molecular complexity index is 777. The third-order valence-corrected chi connectivity index (χ3v) is 5.94. The Balaban J connectivity index is 1.51. The maximum absolute atomic E-state index is 14.7. The second-order valence-electron chi connectivity index (χ2n) is 7.43. The minimum Gasteiger partial charge on any atom is -0.389 e. The highest BCUT2D eigenvalue weighted by atomic mass is 35.5. The van der Waals surface area contributed by atoms with E-state index in [2.05, 4.69) is 0 Å². The first-order chi connectivity index (χ1) is 13.4. The van der Waals surface area contributed by atoms with E-state index in [0.717, 1.165) is 5.56 Å². The van der Waals surface area contributed by atoms with Crippen molar-refractivity contribution in [2.45, 2.75) is 43.0 Å². The first-order valence-corrected chi connectivity index (χ1v) is 10.3. The summed E-state index contributed by atoms with van der Waals surface area (Å²) in [6.07, 6.45) is 0.0747. The highest BCUT2D eigenvalue weighted by Gasteiger charge is 2.36. The lowest BCUT2D eigenvalue weighted by Gasteiger charge is -2.39. The summed E-state index contributed by atoms with van der Waals surface area (Å²) in [5.74, 6) is -0.263. The van der Waals surface area contributed by atoms with Gasteiger partial charge in [0, 0.05) is 36.5 Å². The number of hydrogen-bond donors (Lipinski definition) is 1. The second kappa shape index (κ2) is 9.36. The van der Waals surface area contributed by atoms with E-state index >= 15 is 0 Å². The minimum absolute atomic E-state index is 0.0646. The van der Waals surface area contributed by atoms with E-state index < -0.39 is 17.3 Å². The number of ketones is 1. The van der Waals surface area contributed by atoms with E-state index in [9.17, 15) is 14.3 Å². The SMILES string of the molecule is O=C(c1ccccc1)C(Cl)CC(F)N1CCC(O)(Cc2ccc(Cl)cc2)CC1. The summed E-state index contributed by atoms with van der Waals surface area (Å²) in [5.41, 5.74) is 0.640. The van der Waals surface area contributed by atoms with Gasteiger partial charge in [-0.15, -0.1) is 11.6 Å². The molecule has 0 aromatic heterocycles. The number of carbonyl (C=O) groups excluding carboxylic acids is 1. The van der Waals surface area contributed by atoms with Crippen LogP contribution in [0.25, 0.3) is 0 Å².